The first-order valence-corrected chi connectivity index (χ1v) is 9.79. The van der Waals surface area contributed by atoms with Crippen molar-refractivity contribution < 1.29 is 13.2 Å². The summed E-state index contributed by atoms with van der Waals surface area (Å²) in [7, 11) is -3.34. The van der Waals surface area contributed by atoms with Crippen molar-refractivity contribution in [2.24, 2.45) is 0 Å². The number of benzene rings is 1. The van der Waals surface area contributed by atoms with Crippen LogP contribution in [0.1, 0.15) is 31.2 Å². The van der Waals surface area contributed by atoms with Gasteiger partial charge in [-0.3, -0.25) is 0 Å². The Bertz CT molecular complexity index is 724. The van der Waals surface area contributed by atoms with Crippen molar-refractivity contribution in [3.05, 3.63) is 29.3 Å². The zero-order chi connectivity index (χ0) is 15.7. The number of para-hydroxylation sites is 1. The van der Waals surface area contributed by atoms with E-state index in [1.54, 1.807) is 11.3 Å². The van der Waals surface area contributed by atoms with Gasteiger partial charge in [0, 0.05) is 19.1 Å². The van der Waals surface area contributed by atoms with E-state index >= 15 is 0 Å². The average molecular weight is 340 g/mol. The molecule has 0 radical (unpaired) electrons. The van der Waals surface area contributed by atoms with Crippen LogP contribution in [0.2, 0.25) is 0 Å². The average Bonchev–Trinajstić information content (AvgIpc) is 3.10. The van der Waals surface area contributed by atoms with E-state index in [9.17, 15) is 8.42 Å². The van der Waals surface area contributed by atoms with Crippen LogP contribution in [-0.4, -0.2) is 37.9 Å². The molecule has 120 valence electrons. The van der Waals surface area contributed by atoms with Crippen LogP contribution in [0.15, 0.2) is 24.3 Å². The number of thiazole rings is 1. The maximum absolute atomic E-state index is 12.3. The number of rotatable bonds is 5. The van der Waals surface area contributed by atoms with Crippen molar-refractivity contribution in [2.45, 2.75) is 37.5 Å². The monoisotopic (exact) mass is 340 g/mol. The lowest BCUT2D eigenvalue weighted by atomic mass is 10.2. The molecule has 1 N–H and O–H groups in total. The van der Waals surface area contributed by atoms with Crippen LogP contribution in [0.4, 0.5) is 0 Å². The number of nitrogens with one attached hydrogen (secondary N) is 1. The van der Waals surface area contributed by atoms with Gasteiger partial charge in [0.1, 0.15) is 5.25 Å². The zero-order valence-electron chi connectivity index (χ0n) is 12.7. The second-order valence-corrected chi connectivity index (χ2v) is 8.76. The summed E-state index contributed by atoms with van der Waals surface area (Å²) in [4.78, 5) is 4.58. The number of hydrogen-bond acceptors (Lipinski definition) is 5. The predicted octanol–water partition coefficient (Wildman–Crippen LogP) is 2.50. The Morgan fingerprint density at radius 1 is 1.45 bits per heavy atom. The minimum Gasteiger partial charge on any atom is -0.377 e. The Kier molecular flexibility index (Phi) is 4.49. The van der Waals surface area contributed by atoms with Crippen LogP contribution >= 0.6 is 11.3 Å². The van der Waals surface area contributed by atoms with Crippen LogP contribution in [0, 0.1) is 0 Å². The zero-order valence-corrected chi connectivity index (χ0v) is 14.3. The topological polar surface area (TPSA) is 68.3 Å². The molecular weight excluding hydrogens is 320 g/mol. The van der Waals surface area contributed by atoms with Gasteiger partial charge in [-0.25, -0.2) is 18.1 Å². The Labute approximate surface area is 134 Å². The molecule has 0 aliphatic carbocycles. The van der Waals surface area contributed by atoms with Gasteiger partial charge >= 0.3 is 0 Å². The van der Waals surface area contributed by atoms with E-state index in [1.807, 2.05) is 38.1 Å². The molecule has 1 aromatic carbocycles. The van der Waals surface area contributed by atoms with E-state index in [0.717, 1.165) is 15.2 Å². The molecule has 1 saturated heterocycles. The van der Waals surface area contributed by atoms with Crippen LogP contribution in [-0.2, 0) is 14.8 Å². The molecule has 2 heterocycles. The Morgan fingerprint density at radius 2 is 2.23 bits per heavy atom. The molecule has 3 rings (SSSR count). The van der Waals surface area contributed by atoms with Crippen molar-refractivity contribution in [1.29, 1.82) is 0 Å². The van der Waals surface area contributed by atoms with E-state index in [4.69, 9.17) is 4.74 Å². The van der Waals surface area contributed by atoms with Gasteiger partial charge in [-0.15, -0.1) is 11.3 Å². The van der Waals surface area contributed by atoms with Crippen LogP contribution in [0.25, 0.3) is 10.2 Å². The van der Waals surface area contributed by atoms with Gasteiger partial charge in [-0.1, -0.05) is 19.1 Å². The quantitative estimate of drug-likeness (QED) is 0.908. The smallest absolute Gasteiger partial charge is 0.217 e. The van der Waals surface area contributed by atoms with Crippen molar-refractivity contribution in [3.63, 3.8) is 0 Å². The first-order chi connectivity index (χ1) is 10.5. The number of fused-ring (bicyclic) bond motifs is 1. The highest BCUT2D eigenvalue weighted by molar-refractivity contribution is 7.90. The first-order valence-electron chi connectivity index (χ1n) is 7.43. The maximum atomic E-state index is 12.3. The summed E-state index contributed by atoms with van der Waals surface area (Å²) in [5, 5.41) is 0.509. The van der Waals surface area contributed by atoms with Crippen molar-refractivity contribution in [1.82, 2.24) is 9.71 Å². The molecule has 3 atom stereocenters. The second-order valence-electron chi connectivity index (χ2n) is 5.72. The molecule has 5 nitrogen and oxygen atoms in total. The highest BCUT2D eigenvalue weighted by atomic mass is 32.2. The fraction of sp³-hybridized carbons (Fsp3) is 0.533. The summed E-state index contributed by atoms with van der Waals surface area (Å²) in [6, 6.07) is 7.95. The highest BCUT2D eigenvalue weighted by Gasteiger charge is 2.35. The summed E-state index contributed by atoms with van der Waals surface area (Å²) in [5.74, 6) is 0.0461. The lowest BCUT2D eigenvalue weighted by molar-refractivity contribution is 0.126. The van der Waals surface area contributed by atoms with Gasteiger partial charge in [0.2, 0.25) is 10.0 Å². The number of ether oxygens (including phenoxy) is 1. The van der Waals surface area contributed by atoms with E-state index in [1.165, 1.54) is 0 Å². The molecule has 1 aliphatic rings. The van der Waals surface area contributed by atoms with Crippen molar-refractivity contribution in [3.8, 4) is 0 Å². The van der Waals surface area contributed by atoms with Crippen molar-refractivity contribution in [2.75, 3.05) is 13.2 Å². The number of aromatic nitrogens is 1. The maximum Gasteiger partial charge on any atom is 0.217 e. The summed E-state index contributed by atoms with van der Waals surface area (Å²) in [6.45, 7) is 4.69. The molecule has 2 aromatic rings. The Balaban J connectivity index is 1.67. The molecule has 0 bridgehead atoms. The van der Waals surface area contributed by atoms with Gasteiger partial charge in [-0.2, -0.15) is 0 Å². The Hall–Kier alpha value is -1.02. The van der Waals surface area contributed by atoms with E-state index in [0.29, 0.717) is 19.6 Å². The SMILES string of the molecule is CC(CNS(=O)(=O)C1CCOC1C)c1nc2ccccc2s1. The highest BCUT2D eigenvalue weighted by Crippen LogP contribution is 2.27. The summed E-state index contributed by atoms with van der Waals surface area (Å²) >= 11 is 1.62. The normalized spacial score (nSPS) is 23.9. The van der Waals surface area contributed by atoms with Crippen LogP contribution in [0.5, 0.6) is 0 Å². The summed E-state index contributed by atoms with van der Waals surface area (Å²) < 4.78 is 33.9. The van der Waals surface area contributed by atoms with E-state index in [-0.39, 0.29) is 12.0 Å². The molecular formula is C15H20N2O3S2. The Morgan fingerprint density at radius 3 is 2.91 bits per heavy atom. The third-order valence-electron chi connectivity index (χ3n) is 4.03. The van der Waals surface area contributed by atoms with Gasteiger partial charge in [0.25, 0.3) is 0 Å². The predicted molar refractivity (Wildman–Crippen MR) is 88.8 cm³/mol. The van der Waals surface area contributed by atoms with Crippen LogP contribution in [0.3, 0.4) is 0 Å². The minimum atomic E-state index is -3.34. The third-order valence-corrected chi connectivity index (χ3v) is 7.28. The van der Waals surface area contributed by atoms with Gasteiger partial charge in [0.05, 0.1) is 21.3 Å². The van der Waals surface area contributed by atoms with Crippen LogP contribution < -0.4 is 4.72 Å². The number of hydrogen-bond donors (Lipinski definition) is 1. The van der Waals surface area contributed by atoms with Gasteiger partial charge in [0.15, 0.2) is 0 Å². The lowest BCUT2D eigenvalue weighted by Gasteiger charge is -2.17. The third kappa shape index (κ3) is 3.17. The molecule has 22 heavy (non-hydrogen) atoms. The molecule has 7 heteroatoms. The molecule has 1 fully saturated rings. The van der Waals surface area contributed by atoms with Crippen molar-refractivity contribution >= 4 is 31.6 Å². The summed E-state index contributed by atoms with van der Waals surface area (Å²) in [6.07, 6.45) is 0.321. The minimum absolute atomic E-state index is 0.0461. The molecule has 0 saturated carbocycles. The molecule has 1 aliphatic heterocycles. The standard InChI is InChI=1S/C15H20N2O3S2/c1-10(15-17-12-5-3-4-6-13(12)21-15)9-16-22(18,19)14-7-8-20-11(14)2/h3-6,10-11,14,16H,7-9H2,1-2H3. The molecule has 0 amide bonds. The number of sulfonamides is 1. The fourth-order valence-electron chi connectivity index (χ4n) is 2.66. The van der Waals surface area contributed by atoms with Gasteiger partial charge in [-0.05, 0) is 25.5 Å². The molecule has 1 aromatic heterocycles. The number of nitrogens with zero attached hydrogens (tertiary/aromatic N) is 1. The van der Waals surface area contributed by atoms with E-state index < -0.39 is 15.3 Å². The fourth-order valence-corrected chi connectivity index (χ4v) is 5.36. The molecule has 3 unspecified atom stereocenters. The lowest BCUT2D eigenvalue weighted by Crippen LogP contribution is -2.39. The largest absolute Gasteiger partial charge is 0.377 e. The van der Waals surface area contributed by atoms with Gasteiger partial charge < -0.3 is 4.74 Å². The summed E-state index contributed by atoms with van der Waals surface area (Å²) in [5.41, 5.74) is 0.968. The van der Waals surface area contributed by atoms with E-state index in [2.05, 4.69) is 9.71 Å². The second kappa shape index (κ2) is 6.23. The first kappa shape index (κ1) is 15.9. The molecule has 0 spiro atoms.